The Kier molecular flexibility index (Phi) is 10.2. The Morgan fingerprint density at radius 3 is 2.02 bits per heavy atom. The maximum atomic E-state index is 15.5. The van der Waals surface area contributed by atoms with Crippen LogP contribution in [0.25, 0.3) is 22.0 Å². The van der Waals surface area contributed by atoms with Gasteiger partial charge in [-0.05, 0) is 93.1 Å². The molecule has 2 heterocycles. The molecule has 0 saturated carbocycles. The molecule has 1 aliphatic rings. The second-order valence-electron chi connectivity index (χ2n) is 14.6. The Morgan fingerprint density at radius 1 is 0.833 bits per heavy atom. The van der Waals surface area contributed by atoms with Crippen molar-refractivity contribution in [2.75, 3.05) is 25.0 Å². The van der Waals surface area contributed by atoms with Gasteiger partial charge in [-0.2, -0.15) is 5.10 Å². The van der Waals surface area contributed by atoms with E-state index in [1.54, 1.807) is 17.0 Å². The van der Waals surface area contributed by atoms with E-state index >= 15 is 4.39 Å². The van der Waals surface area contributed by atoms with Crippen molar-refractivity contribution in [1.82, 2.24) is 14.7 Å². The van der Waals surface area contributed by atoms with E-state index in [1.807, 2.05) is 105 Å². The SMILES string of the molecule is CCOc1ccc(F)c(-c2ccc3c(c2)c(NC(=O)[C@@H]2CCCN(C(=O)OC(C)(C)C)C2)nn3C(c2ccccc2)(c2ccccc2)c2ccccc2)c1. The van der Waals surface area contributed by atoms with Gasteiger partial charge in [0, 0.05) is 24.0 Å². The topological polar surface area (TPSA) is 85.7 Å². The van der Waals surface area contributed by atoms with Crippen LogP contribution in [0.4, 0.5) is 15.0 Å². The lowest BCUT2D eigenvalue weighted by atomic mass is 9.77. The number of piperidine rings is 1. The van der Waals surface area contributed by atoms with E-state index in [2.05, 4.69) is 41.7 Å². The molecule has 2 amide bonds. The summed E-state index contributed by atoms with van der Waals surface area (Å²) in [4.78, 5) is 28.9. The van der Waals surface area contributed by atoms with Gasteiger partial charge in [-0.1, -0.05) is 97.1 Å². The van der Waals surface area contributed by atoms with Crippen molar-refractivity contribution in [2.45, 2.75) is 51.7 Å². The standard InChI is InChI=1S/C45H45FN4O4/c1-5-53-36-24-25-39(46)37(29-36)31-23-26-40-38(28-31)41(47-42(51)32-16-15-27-49(30-32)43(52)54-44(2,3)4)48-50(40)45(33-17-9-6-10-18-33,34-19-11-7-12-20-34)35-21-13-8-14-22-35/h6-14,17-26,28-29,32H,5,15-16,27,30H2,1-4H3,(H,47,48,51)/t32-/m1/s1. The Hall–Kier alpha value is -5.96. The van der Waals surface area contributed by atoms with Gasteiger partial charge in [-0.3, -0.25) is 4.79 Å². The van der Waals surface area contributed by atoms with Crippen LogP contribution in [0.3, 0.4) is 0 Å². The van der Waals surface area contributed by atoms with E-state index in [4.69, 9.17) is 14.6 Å². The van der Waals surface area contributed by atoms with Crippen molar-refractivity contribution in [3.63, 3.8) is 0 Å². The van der Waals surface area contributed by atoms with Gasteiger partial charge in [0.05, 0.1) is 18.0 Å². The predicted molar refractivity (Wildman–Crippen MR) is 210 cm³/mol. The molecule has 0 radical (unpaired) electrons. The van der Waals surface area contributed by atoms with E-state index in [0.717, 1.165) is 22.2 Å². The fourth-order valence-electron chi connectivity index (χ4n) is 7.42. The predicted octanol–water partition coefficient (Wildman–Crippen LogP) is 9.67. The maximum Gasteiger partial charge on any atom is 0.410 e. The molecule has 0 spiro atoms. The number of amides is 2. The molecule has 9 heteroatoms. The number of carbonyl (C=O) groups excluding carboxylic acids is 2. The fourth-order valence-corrected chi connectivity index (χ4v) is 7.42. The summed E-state index contributed by atoms with van der Waals surface area (Å²) in [7, 11) is 0. The molecule has 0 aliphatic carbocycles. The molecule has 5 aromatic carbocycles. The van der Waals surface area contributed by atoms with E-state index in [-0.39, 0.29) is 12.5 Å². The van der Waals surface area contributed by atoms with Crippen LogP contribution in [-0.2, 0) is 15.1 Å². The smallest absolute Gasteiger partial charge is 0.410 e. The Labute approximate surface area is 315 Å². The minimum atomic E-state index is -0.981. The van der Waals surface area contributed by atoms with E-state index in [0.29, 0.717) is 54.1 Å². The average Bonchev–Trinajstić information content (AvgIpc) is 3.54. The largest absolute Gasteiger partial charge is 0.494 e. The summed E-state index contributed by atoms with van der Waals surface area (Å²) in [5.41, 5.74) is 2.96. The summed E-state index contributed by atoms with van der Waals surface area (Å²) in [6.45, 7) is 8.55. The number of halogens is 1. The molecule has 1 saturated heterocycles. The van der Waals surface area contributed by atoms with Gasteiger partial charge in [0.2, 0.25) is 5.91 Å². The van der Waals surface area contributed by atoms with Gasteiger partial charge in [0.15, 0.2) is 5.82 Å². The third-order valence-electron chi connectivity index (χ3n) is 9.82. The van der Waals surface area contributed by atoms with Crippen LogP contribution < -0.4 is 10.1 Å². The second kappa shape index (κ2) is 15.2. The van der Waals surface area contributed by atoms with Gasteiger partial charge in [-0.15, -0.1) is 0 Å². The van der Waals surface area contributed by atoms with Crippen molar-refractivity contribution in [3.8, 4) is 16.9 Å². The first kappa shape index (κ1) is 36.4. The second-order valence-corrected chi connectivity index (χ2v) is 14.6. The molecule has 6 aromatic rings. The first-order valence-electron chi connectivity index (χ1n) is 18.5. The highest BCUT2D eigenvalue weighted by molar-refractivity contribution is 6.02. The van der Waals surface area contributed by atoms with Crippen LogP contribution in [0.1, 0.15) is 57.2 Å². The third-order valence-corrected chi connectivity index (χ3v) is 9.82. The van der Waals surface area contributed by atoms with Crippen molar-refractivity contribution < 1.29 is 23.5 Å². The van der Waals surface area contributed by atoms with Crippen LogP contribution in [0, 0.1) is 11.7 Å². The molecule has 54 heavy (non-hydrogen) atoms. The summed E-state index contributed by atoms with van der Waals surface area (Å²) in [6, 6.07) is 40.9. The Balaban J connectivity index is 1.42. The molecule has 1 aliphatic heterocycles. The minimum Gasteiger partial charge on any atom is -0.494 e. The van der Waals surface area contributed by atoms with Crippen LogP contribution in [0.2, 0.25) is 0 Å². The number of benzene rings is 5. The number of anilines is 1. The summed E-state index contributed by atoms with van der Waals surface area (Å²) in [5.74, 6) is -0.250. The third kappa shape index (κ3) is 7.18. The number of likely N-dealkylation sites (tertiary alicyclic amines) is 1. The van der Waals surface area contributed by atoms with Crippen LogP contribution >= 0.6 is 0 Å². The Bertz CT molecular complexity index is 2150. The number of hydrogen-bond donors (Lipinski definition) is 1. The number of carbonyl (C=O) groups is 2. The number of rotatable bonds is 9. The van der Waals surface area contributed by atoms with Crippen LogP contribution in [0.5, 0.6) is 5.75 Å². The molecule has 8 nitrogen and oxygen atoms in total. The first-order chi connectivity index (χ1) is 26.1. The molecular weight excluding hydrogens is 680 g/mol. The van der Waals surface area contributed by atoms with Gasteiger partial charge < -0.3 is 19.7 Å². The summed E-state index contributed by atoms with van der Waals surface area (Å²) in [5, 5.41) is 9.09. The van der Waals surface area contributed by atoms with Crippen molar-refractivity contribution >= 4 is 28.7 Å². The normalized spacial score (nSPS) is 14.8. The average molecular weight is 725 g/mol. The lowest BCUT2D eigenvalue weighted by Crippen LogP contribution is -2.45. The minimum absolute atomic E-state index is 0.224. The zero-order valence-corrected chi connectivity index (χ0v) is 31.1. The molecule has 1 atom stereocenters. The summed E-state index contributed by atoms with van der Waals surface area (Å²) < 4.78 is 28.9. The van der Waals surface area contributed by atoms with Crippen molar-refractivity contribution in [2.24, 2.45) is 5.92 Å². The van der Waals surface area contributed by atoms with Gasteiger partial charge in [0.1, 0.15) is 22.7 Å². The lowest BCUT2D eigenvalue weighted by Gasteiger charge is -2.37. The monoisotopic (exact) mass is 724 g/mol. The summed E-state index contributed by atoms with van der Waals surface area (Å²) >= 11 is 0. The number of fused-ring (bicyclic) bond motifs is 1. The molecule has 0 bridgehead atoms. The number of aromatic nitrogens is 2. The van der Waals surface area contributed by atoms with E-state index in [1.165, 1.54) is 6.07 Å². The first-order valence-corrected chi connectivity index (χ1v) is 18.5. The lowest BCUT2D eigenvalue weighted by molar-refractivity contribution is -0.121. The highest BCUT2D eigenvalue weighted by Crippen LogP contribution is 2.44. The maximum absolute atomic E-state index is 15.5. The molecule has 0 unspecified atom stereocenters. The zero-order valence-electron chi connectivity index (χ0n) is 31.1. The number of nitrogens with zero attached hydrogens (tertiary/aromatic N) is 3. The number of hydrogen-bond acceptors (Lipinski definition) is 5. The van der Waals surface area contributed by atoms with E-state index < -0.39 is 29.0 Å². The van der Waals surface area contributed by atoms with Crippen molar-refractivity contribution in [3.05, 3.63) is 150 Å². The molecule has 1 N–H and O–H groups in total. The highest BCUT2D eigenvalue weighted by atomic mass is 19.1. The molecule has 7 rings (SSSR count). The molecule has 1 fully saturated rings. The van der Waals surface area contributed by atoms with Crippen molar-refractivity contribution in [1.29, 1.82) is 0 Å². The van der Waals surface area contributed by atoms with Crippen LogP contribution in [-0.4, -0.2) is 52.0 Å². The quantitative estimate of drug-likeness (QED) is 0.150. The van der Waals surface area contributed by atoms with Gasteiger partial charge in [-0.25, -0.2) is 13.9 Å². The zero-order chi connectivity index (χ0) is 37.9. The van der Waals surface area contributed by atoms with Crippen LogP contribution in [0.15, 0.2) is 127 Å². The molecular formula is C45H45FN4O4. The molecule has 1 aromatic heterocycles. The van der Waals surface area contributed by atoms with E-state index in [9.17, 15) is 9.59 Å². The summed E-state index contributed by atoms with van der Waals surface area (Å²) in [6.07, 6.45) is 0.826. The fraction of sp³-hybridized carbons (Fsp3) is 0.267. The molecule has 276 valence electrons. The van der Waals surface area contributed by atoms with Gasteiger partial charge in [0.25, 0.3) is 0 Å². The number of ether oxygens (including phenoxy) is 2. The Morgan fingerprint density at radius 2 is 1.44 bits per heavy atom. The highest BCUT2D eigenvalue weighted by Gasteiger charge is 2.41. The van der Waals surface area contributed by atoms with Gasteiger partial charge >= 0.3 is 6.09 Å². The number of nitrogens with one attached hydrogen (secondary N) is 1.